The van der Waals surface area contributed by atoms with Gasteiger partial charge in [-0.25, -0.2) is 22.2 Å². The molecule has 1 fully saturated rings. The maximum Gasteiger partial charge on any atom is 0.244 e. The zero-order chi connectivity index (χ0) is 21.7. The Morgan fingerprint density at radius 2 is 1.80 bits per heavy atom. The molecule has 0 spiro atoms. The van der Waals surface area contributed by atoms with Gasteiger partial charge in [0.25, 0.3) is 0 Å². The number of anilines is 1. The Kier molecular flexibility index (Phi) is 7.43. The van der Waals surface area contributed by atoms with E-state index in [0.717, 1.165) is 49.6 Å². The molecule has 1 aromatic carbocycles. The maximum absolute atomic E-state index is 13.3. The van der Waals surface area contributed by atoms with Crippen molar-refractivity contribution in [2.24, 2.45) is 0 Å². The molecular weight excluding hydrogens is 432 g/mol. The fourth-order valence-electron chi connectivity index (χ4n) is 3.07. The first-order chi connectivity index (χ1) is 14.3. The largest absolute Gasteiger partial charge is 0.325 e. The lowest BCUT2D eigenvalue weighted by Crippen LogP contribution is -2.32. The van der Waals surface area contributed by atoms with Gasteiger partial charge in [-0.3, -0.25) is 4.79 Å². The van der Waals surface area contributed by atoms with E-state index < -0.39 is 32.8 Å². The average molecular weight is 456 g/mol. The van der Waals surface area contributed by atoms with Crippen molar-refractivity contribution in [3.05, 3.63) is 48.2 Å². The number of carbonyl (C=O) groups is 1. The Morgan fingerprint density at radius 3 is 2.40 bits per heavy atom. The second-order valence-electron chi connectivity index (χ2n) is 7.03. The quantitative estimate of drug-likeness (QED) is 0.665. The first-order valence-corrected chi connectivity index (χ1v) is 12.0. The number of carbonyl (C=O) groups excluding carboxylic acids is 1. The number of pyridine rings is 1. The molecule has 10 heteroatoms. The van der Waals surface area contributed by atoms with Gasteiger partial charge in [0.2, 0.25) is 15.9 Å². The highest BCUT2D eigenvalue weighted by molar-refractivity contribution is 8.00. The van der Waals surface area contributed by atoms with E-state index in [0.29, 0.717) is 18.1 Å². The third-order valence-electron chi connectivity index (χ3n) is 4.77. The predicted molar refractivity (Wildman–Crippen MR) is 112 cm³/mol. The Morgan fingerprint density at radius 1 is 1.10 bits per heavy atom. The molecule has 3 rings (SSSR count). The summed E-state index contributed by atoms with van der Waals surface area (Å²) in [7, 11) is -3.58. The number of amides is 1. The fourth-order valence-corrected chi connectivity index (χ4v) is 5.32. The van der Waals surface area contributed by atoms with Crippen LogP contribution in [0.4, 0.5) is 14.5 Å². The highest BCUT2D eigenvalue weighted by Crippen LogP contribution is 2.25. The van der Waals surface area contributed by atoms with E-state index in [1.807, 2.05) is 0 Å². The lowest BCUT2D eigenvalue weighted by atomic mass is 10.2. The summed E-state index contributed by atoms with van der Waals surface area (Å²) in [5.41, 5.74) is 0.151. The maximum atomic E-state index is 13.3. The minimum absolute atomic E-state index is 0.132. The number of nitrogens with one attached hydrogen (secondary N) is 1. The van der Waals surface area contributed by atoms with E-state index in [2.05, 4.69) is 10.3 Å². The summed E-state index contributed by atoms with van der Waals surface area (Å²) in [6.07, 6.45) is 5.08. The van der Waals surface area contributed by atoms with Crippen molar-refractivity contribution in [1.29, 1.82) is 0 Å². The third kappa shape index (κ3) is 5.55. The summed E-state index contributed by atoms with van der Waals surface area (Å²) in [5, 5.41) is 2.42. The third-order valence-corrected chi connectivity index (χ3v) is 7.70. The summed E-state index contributed by atoms with van der Waals surface area (Å²) in [5.74, 6) is -2.44. The van der Waals surface area contributed by atoms with Gasteiger partial charge in [0, 0.05) is 31.0 Å². The van der Waals surface area contributed by atoms with Crippen LogP contribution >= 0.6 is 11.8 Å². The van der Waals surface area contributed by atoms with Gasteiger partial charge in [0.15, 0.2) is 11.6 Å². The van der Waals surface area contributed by atoms with E-state index in [-0.39, 0.29) is 10.6 Å². The molecular formula is C20H23F2N3O3S2. The molecule has 0 bridgehead atoms. The standard InChI is InChI=1S/C20H23F2N3O3S2/c1-14(20(26)24-15-6-8-17(21)18(22)12-15)29-19-9-7-16(13-23-19)30(27,28)25-10-4-2-3-5-11-25/h6-9,12-14H,2-5,10-11H2,1H3,(H,24,26). The molecule has 2 aromatic rings. The van der Waals surface area contributed by atoms with Crippen molar-refractivity contribution in [2.75, 3.05) is 18.4 Å². The second-order valence-corrected chi connectivity index (χ2v) is 10.3. The number of thioether (sulfide) groups is 1. The zero-order valence-corrected chi connectivity index (χ0v) is 18.1. The van der Waals surface area contributed by atoms with E-state index in [4.69, 9.17) is 0 Å². The molecule has 6 nitrogen and oxygen atoms in total. The number of benzene rings is 1. The van der Waals surface area contributed by atoms with E-state index in [9.17, 15) is 22.0 Å². The van der Waals surface area contributed by atoms with Crippen molar-refractivity contribution in [3.8, 4) is 0 Å². The predicted octanol–water partition coefficient (Wildman–Crippen LogP) is 4.04. The summed E-state index contributed by atoms with van der Waals surface area (Å²) < 4.78 is 53.4. The Bertz CT molecular complexity index is 993. The highest BCUT2D eigenvalue weighted by atomic mass is 32.2. The van der Waals surface area contributed by atoms with Gasteiger partial charge < -0.3 is 5.32 Å². The van der Waals surface area contributed by atoms with Crippen molar-refractivity contribution in [2.45, 2.75) is 47.8 Å². The molecule has 0 radical (unpaired) electrons. The zero-order valence-electron chi connectivity index (χ0n) is 16.5. The van der Waals surface area contributed by atoms with Gasteiger partial charge in [-0.05, 0) is 44.0 Å². The summed E-state index contributed by atoms with van der Waals surface area (Å²) >= 11 is 1.14. The van der Waals surface area contributed by atoms with Crippen LogP contribution in [-0.4, -0.2) is 42.0 Å². The average Bonchev–Trinajstić information content (AvgIpc) is 3.01. The molecule has 162 valence electrons. The molecule has 1 aliphatic heterocycles. The Labute approximate surface area is 179 Å². The molecule has 1 saturated heterocycles. The van der Waals surface area contributed by atoms with Crippen molar-refractivity contribution >= 4 is 33.4 Å². The monoisotopic (exact) mass is 455 g/mol. The van der Waals surface area contributed by atoms with Gasteiger partial charge in [-0.15, -0.1) is 0 Å². The van der Waals surface area contributed by atoms with Gasteiger partial charge in [0.05, 0.1) is 10.3 Å². The minimum Gasteiger partial charge on any atom is -0.325 e. The van der Waals surface area contributed by atoms with Crippen molar-refractivity contribution in [3.63, 3.8) is 0 Å². The van der Waals surface area contributed by atoms with Crippen LogP contribution in [0.25, 0.3) is 0 Å². The van der Waals surface area contributed by atoms with Gasteiger partial charge in [-0.2, -0.15) is 4.31 Å². The molecule has 1 amide bonds. The van der Waals surface area contributed by atoms with Crippen LogP contribution in [0.15, 0.2) is 46.5 Å². The van der Waals surface area contributed by atoms with Crippen LogP contribution in [0.1, 0.15) is 32.6 Å². The molecule has 1 aliphatic rings. The van der Waals surface area contributed by atoms with Gasteiger partial charge >= 0.3 is 0 Å². The number of sulfonamides is 1. The highest BCUT2D eigenvalue weighted by Gasteiger charge is 2.25. The molecule has 1 unspecified atom stereocenters. The van der Waals surface area contributed by atoms with Gasteiger partial charge in [-0.1, -0.05) is 24.6 Å². The van der Waals surface area contributed by atoms with Crippen LogP contribution in [0.3, 0.4) is 0 Å². The number of halogens is 2. The van der Waals surface area contributed by atoms with Crippen LogP contribution in [0.2, 0.25) is 0 Å². The van der Waals surface area contributed by atoms with Crippen molar-refractivity contribution < 1.29 is 22.0 Å². The normalized spacial score (nSPS) is 16.6. The fraction of sp³-hybridized carbons (Fsp3) is 0.400. The number of nitrogens with zero attached hydrogens (tertiary/aromatic N) is 2. The van der Waals surface area contributed by atoms with Crippen molar-refractivity contribution in [1.82, 2.24) is 9.29 Å². The summed E-state index contributed by atoms with van der Waals surface area (Å²) in [6, 6.07) is 6.18. The number of hydrogen-bond acceptors (Lipinski definition) is 5. The van der Waals surface area contributed by atoms with Crippen LogP contribution in [0, 0.1) is 11.6 Å². The van der Waals surface area contributed by atoms with Crippen LogP contribution < -0.4 is 5.32 Å². The molecule has 0 aliphatic carbocycles. The molecule has 1 N–H and O–H groups in total. The second kappa shape index (κ2) is 9.84. The summed E-state index contributed by atoms with van der Waals surface area (Å²) in [4.78, 5) is 16.6. The van der Waals surface area contributed by atoms with E-state index in [1.54, 1.807) is 13.0 Å². The number of hydrogen-bond donors (Lipinski definition) is 1. The minimum atomic E-state index is -3.58. The molecule has 0 saturated carbocycles. The number of aromatic nitrogens is 1. The lowest BCUT2D eigenvalue weighted by Gasteiger charge is -2.19. The number of rotatable bonds is 6. The molecule has 30 heavy (non-hydrogen) atoms. The van der Waals surface area contributed by atoms with Crippen LogP contribution in [0.5, 0.6) is 0 Å². The SMILES string of the molecule is CC(Sc1ccc(S(=O)(=O)N2CCCCCC2)cn1)C(=O)Nc1ccc(F)c(F)c1. The van der Waals surface area contributed by atoms with Crippen LogP contribution in [-0.2, 0) is 14.8 Å². The van der Waals surface area contributed by atoms with E-state index >= 15 is 0 Å². The molecule has 2 heterocycles. The topological polar surface area (TPSA) is 79.4 Å². The molecule has 1 aromatic heterocycles. The summed E-state index contributed by atoms with van der Waals surface area (Å²) in [6.45, 7) is 2.67. The lowest BCUT2D eigenvalue weighted by molar-refractivity contribution is -0.115. The smallest absolute Gasteiger partial charge is 0.244 e. The first-order valence-electron chi connectivity index (χ1n) is 9.66. The molecule has 1 atom stereocenters. The van der Waals surface area contributed by atoms with Gasteiger partial charge in [0.1, 0.15) is 4.90 Å². The Balaban J connectivity index is 1.62. The Hall–Kier alpha value is -2.04. The van der Waals surface area contributed by atoms with E-state index in [1.165, 1.54) is 22.6 Å². The first kappa shape index (κ1) is 22.6.